The lowest BCUT2D eigenvalue weighted by Crippen LogP contribution is -2.40. The van der Waals surface area contributed by atoms with Crippen LogP contribution in [0.25, 0.3) is 21.0 Å². The first-order chi connectivity index (χ1) is 14.7. The maximum Gasteiger partial charge on any atom is 0.128 e. The molecule has 0 saturated carbocycles. The number of nitrogens with zero attached hydrogens (tertiary/aromatic N) is 1. The SMILES string of the molecule is O[C@H](COc1cccc2[nH]ccc12)CN1CCC(c2cc3c(Cl)cccc3s2)CC1. The Morgan fingerprint density at radius 3 is 2.80 bits per heavy atom. The minimum atomic E-state index is -0.501. The molecule has 0 amide bonds. The van der Waals surface area contributed by atoms with Gasteiger partial charge in [0.1, 0.15) is 18.5 Å². The topological polar surface area (TPSA) is 48.5 Å². The van der Waals surface area contributed by atoms with E-state index in [0.717, 1.165) is 47.6 Å². The molecular weight excluding hydrogens is 416 g/mol. The maximum absolute atomic E-state index is 10.5. The van der Waals surface area contributed by atoms with Crippen LogP contribution in [0.15, 0.2) is 54.7 Å². The molecule has 1 aliphatic heterocycles. The van der Waals surface area contributed by atoms with Crippen LogP contribution in [0.4, 0.5) is 0 Å². The number of halogens is 1. The number of aliphatic hydroxyl groups excluding tert-OH is 1. The van der Waals surface area contributed by atoms with Gasteiger partial charge in [-0.3, -0.25) is 0 Å². The Kier molecular flexibility index (Phi) is 5.70. The molecule has 5 rings (SSSR count). The van der Waals surface area contributed by atoms with E-state index in [2.05, 4.69) is 22.0 Å². The number of thiophene rings is 1. The molecule has 0 spiro atoms. The van der Waals surface area contributed by atoms with Crippen molar-refractivity contribution < 1.29 is 9.84 Å². The number of H-pyrrole nitrogens is 1. The van der Waals surface area contributed by atoms with Gasteiger partial charge in [-0.1, -0.05) is 23.7 Å². The monoisotopic (exact) mass is 440 g/mol. The zero-order valence-corrected chi connectivity index (χ0v) is 18.3. The van der Waals surface area contributed by atoms with E-state index in [0.29, 0.717) is 19.1 Å². The summed E-state index contributed by atoms with van der Waals surface area (Å²) in [6.45, 7) is 2.95. The molecule has 0 aliphatic carbocycles. The summed E-state index contributed by atoms with van der Waals surface area (Å²) < 4.78 is 7.18. The fourth-order valence-electron chi connectivity index (χ4n) is 4.37. The molecule has 2 aromatic heterocycles. The lowest BCUT2D eigenvalue weighted by molar-refractivity contribution is 0.0600. The van der Waals surface area contributed by atoms with Crippen molar-refractivity contribution in [3.8, 4) is 5.75 Å². The van der Waals surface area contributed by atoms with Crippen LogP contribution in [0, 0.1) is 0 Å². The lowest BCUT2D eigenvalue weighted by atomic mass is 9.95. The fraction of sp³-hybridized carbons (Fsp3) is 0.333. The Morgan fingerprint density at radius 1 is 1.13 bits per heavy atom. The van der Waals surface area contributed by atoms with E-state index in [1.165, 1.54) is 15.0 Å². The average molecular weight is 441 g/mol. The molecule has 30 heavy (non-hydrogen) atoms. The number of β-amino-alcohol motifs (C(OH)–C–C–N with tert-alkyl or cyclic N) is 1. The molecular formula is C24H25ClN2O2S. The van der Waals surface area contributed by atoms with Crippen molar-refractivity contribution in [2.24, 2.45) is 0 Å². The van der Waals surface area contributed by atoms with Crippen molar-refractivity contribution in [2.45, 2.75) is 24.9 Å². The highest BCUT2D eigenvalue weighted by atomic mass is 35.5. The molecule has 4 nitrogen and oxygen atoms in total. The maximum atomic E-state index is 10.5. The zero-order valence-electron chi connectivity index (χ0n) is 16.7. The van der Waals surface area contributed by atoms with Gasteiger partial charge in [0.2, 0.25) is 0 Å². The van der Waals surface area contributed by atoms with Crippen molar-refractivity contribution in [1.29, 1.82) is 0 Å². The molecule has 2 aromatic carbocycles. The zero-order chi connectivity index (χ0) is 20.5. The predicted octanol–water partition coefficient (Wildman–Crippen LogP) is 5.66. The summed E-state index contributed by atoms with van der Waals surface area (Å²) in [6.07, 6.45) is 3.63. The first-order valence-electron chi connectivity index (χ1n) is 10.4. The summed E-state index contributed by atoms with van der Waals surface area (Å²) in [5, 5.41) is 13.6. The van der Waals surface area contributed by atoms with E-state index in [-0.39, 0.29) is 0 Å². The van der Waals surface area contributed by atoms with Gasteiger partial charge in [-0.15, -0.1) is 11.3 Å². The normalized spacial score (nSPS) is 17.0. The minimum Gasteiger partial charge on any atom is -0.490 e. The third kappa shape index (κ3) is 4.08. The number of rotatable bonds is 6. The number of aliphatic hydroxyl groups is 1. The molecule has 2 N–H and O–H groups in total. The number of aromatic amines is 1. The van der Waals surface area contributed by atoms with E-state index in [1.54, 1.807) is 0 Å². The van der Waals surface area contributed by atoms with Gasteiger partial charge < -0.3 is 19.7 Å². The van der Waals surface area contributed by atoms with Crippen LogP contribution < -0.4 is 4.74 Å². The van der Waals surface area contributed by atoms with Crippen molar-refractivity contribution in [3.63, 3.8) is 0 Å². The first kappa shape index (κ1) is 19.9. The van der Waals surface area contributed by atoms with Crippen LogP contribution in [0.1, 0.15) is 23.6 Å². The fourth-order valence-corrected chi connectivity index (χ4v) is 5.91. The van der Waals surface area contributed by atoms with Crippen LogP contribution in [0.2, 0.25) is 5.02 Å². The van der Waals surface area contributed by atoms with Gasteiger partial charge in [0.05, 0.1) is 0 Å². The number of fused-ring (bicyclic) bond motifs is 2. The summed E-state index contributed by atoms with van der Waals surface area (Å²) in [5.41, 5.74) is 1.05. The number of nitrogens with one attached hydrogen (secondary N) is 1. The molecule has 1 saturated heterocycles. The summed E-state index contributed by atoms with van der Waals surface area (Å²) in [5.74, 6) is 1.39. The molecule has 4 aromatic rings. The van der Waals surface area contributed by atoms with Gasteiger partial charge in [0.25, 0.3) is 0 Å². The van der Waals surface area contributed by atoms with E-state index in [4.69, 9.17) is 16.3 Å². The molecule has 1 aliphatic rings. The van der Waals surface area contributed by atoms with Crippen LogP contribution in [0.3, 0.4) is 0 Å². The molecule has 3 heterocycles. The second-order valence-corrected chi connectivity index (χ2v) is 9.56. The summed E-state index contributed by atoms with van der Waals surface area (Å²) >= 11 is 8.21. The van der Waals surface area contributed by atoms with E-state index in [1.807, 2.05) is 53.9 Å². The molecule has 0 radical (unpaired) electrons. The number of likely N-dealkylation sites (tertiary alicyclic amines) is 1. The van der Waals surface area contributed by atoms with Gasteiger partial charge in [-0.25, -0.2) is 0 Å². The van der Waals surface area contributed by atoms with E-state index < -0.39 is 6.10 Å². The van der Waals surface area contributed by atoms with Gasteiger partial charge >= 0.3 is 0 Å². The first-order valence-corrected chi connectivity index (χ1v) is 11.6. The van der Waals surface area contributed by atoms with Crippen LogP contribution in [-0.2, 0) is 0 Å². The molecule has 1 atom stereocenters. The third-order valence-electron chi connectivity index (χ3n) is 5.97. The number of aromatic nitrogens is 1. The molecule has 156 valence electrons. The highest BCUT2D eigenvalue weighted by Crippen LogP contribution is 2.38. The average Bonchev–Trinajstić information content (AvgIpc) is 3.41. The number of hydrogen-bond donors (Lipinski definition) is 2. The summed E-state index contributed by atoms with van der Waals surface area (Å²) in [4.78, 5) is 6.97. The largest absolute Gasteiger partial charge is 0.490 e. The molecule has 0 unspecified atom stereocenters. The van der Waals surface area contributed by atoms with Crippen molar-refractivity contribution in [1.82, 2.24) is 9.88 Å². The Balaban J connectivity index is 1.14. The molecule has 1 fully saturated rings. The van der Waals surface area contributed by atoms with Crippen molar-refractivity contribution in [3.05, 3.63) is 64.6 Å². The van der Waals surface area contributed by atoms with Gasteiger partial charge in [0.15, 0.2) is 0 Å². The third-order valence-corrected chi connectivity index (χ3v) is 7.56. The smallest absolute Gasteiger partial charge is 0.128 e. The summed E-state index contributed by atoms with van der Waals surface area (Å²) in [6, 6.07) is 16.3. The highest BCUT2D eigenvalue weighted by Gasteiger charge is 2.24. The molecule has 0 bridgehead atoms. The van der Waals surface area contributed by atoms with E-state index in [9.17, 15) is 5.11 Å². The number of piperidine rings is 1. The van der Waals surface area contributed by atoms with Crippen LogP contribution in [0.5, 0.6) is 5.75 Å². The Labute approximate surface area is 185 Å². The number of ether oxygens (including phenoxy) is 1. The summed E-state index contributed by atoms with van der Waals surface area (Å²) in [7, 11) is 0. The standard InChI is InChI=1S/C24H25ClN2O2S/c25-20-3-1-6-23-19(20)13-24(30-23)16-8-11-27(12-9-16)14-17(28)15-29-22-5-2-4-21-18(22)7-10-26-21/h1-7,10,13,16-17,26,28H,8-9,11-12,14-15H2/t17-/m0/s1. The number of hydrogen-bond acceptors (Lipinski definition) is 4. The highest BCUT2D eigenvalue weighted by molar-refractivity contribution is 7.19. The van der Waals surface area contributed by atoms with E-state index >= 15 is 0 Å². The van der Waals surface area contributed by atoms with Gasteiger partial charge in [-0.2, -0.15) is 0 Å². The Bertz CT molecular complexity index is 1150. The number of benzene rings is 2. The van der Waals surface area contributed by atoms with Gasteiger partial charge in [0, 0.05) is 43.6 Å². The predicted molar refractivity (Wildman–Crippen MR) is 125 cm³/mol. The second-order valence-electron chi connectivity index (χ2n) is 8.04. The Hall–Kier alpha value is -2.05. The second kappa shape index (κ2) is 8.60. The van der Waals surface area contributed by atoms with Crippen LogP contribution in [-0.4, -0.2) is 47.3 Å². The van der Waals surface area contributed by atoms with Crippen molar-refractivity contribution in [2.75, 3.05) is 26.2 Å². The minimum absolute atomic E-state index is 0.305. The Morgan fingerprint density at radius 2 is 1.97 bits per heavy atom. The van der Waals surface area contributed by atoms with Gasteiger partial charge in [-0.05, 0) is 68.2 Å². The van der Waals surface area contributed by atoms with Crippen molar-refractivity contribution >= 4 is 43.9 Å². The lowest BCUT2D eigenvalue weighted by Gasteiger charge is -2.32. The molecule has 6 heteroatoms. The van der Waals surface area contributed by atoms with Crippen LogP contribution >= 0.6 is 22.9 Å². The quantitative estimate of drug-likeness (QED) is 0.407.